The Morgan fingerprint density at radius 1 is 1.12 bits per heavy atom. The molecule has 0 bridgehead atoms. The van der Waals surface area contributed by atoms with Crippen LogP contribution in [0.15, 0.2) is 40.9 Å². The molecule has 1 amide bonds. The molecule has 0 aliphatic carbocycles. The zero-order chi connectivity index (χ0) is 19.6. The van der Waals surface area contributed by atoms with Crippen LogP contribution in [0, 0.1) is 0 Å². The zero-order valence-corrected chi connectivity index (χ0v) is 16.6. The summed E-state index contributed by atoms with van der Waals surface area (Å²) in [5.41, 5.74) is 5.73. The lowest BCUT2D eigenvalue weighted by atomic mass is 9.97. The highest BCUT2D eigenvalue weighted by atomic mass is 79.9. The fourth-order valence-electron chi connectivity index (χ4n) is 2.21. The van der Waals surface area contributed by atoms with Gasteiger partial charge in [-0.1, -0.05) is 53.0 Å². The minimum absolute atomic E-state index is 0.00652. The number of hydrogen-bond acceptors (Lipinski definition) is 1. The van der Waals surface area contributed by atoms with Crippen LogP contribution >= 0.6 is 50.7 Å². The number of halogens is 7. The molecule has 0 radical (unpaired) electrons. The third kappa shape index (κ3) is 4.94. The maximum absolute atomic E-state index is 13.5. The summed E-state index contributed by atoms with van der Waals surface area (Å²) >= 11 is 20.6. The summed E-state index contributed by atoms with van der Waals surface area (Å²) < 4.78 is 40.8. The maximum Gasteiger partial charge on any atom is 0.399 e. The van der Waals surface area contributed by atoms with E-state index in [1.54, 1.807) is 0 Å². The van der Waals surface area contributed by atoms with Crippen LogP contribution in [-0.4, -0.2) is 12.1 Å². The van der Waals surface area contributed by atoms with E-state index in [1.807, 2.05) is 0 Å². The quantitative estimate of drug-likeness (QED) is 0.470. The highest BCUT2D eigenvalue weighted by molar-refractivity contribution is 9.10. The van der Waals surface area contributed by atoms with Crippen LogP contribution < -0.4 is 5.73 Å². The highest BCUT2D eigenvalue weighted by Crippen LogP contribution is 2.41. The van der Waals surface area contributed by atoms with E-state index in [4.69, 9.17) is 40.5 Å². The second-order valence-electron chi connectivity index (χ2n) is 5.28. The molecule has 0 aromatic heterocycles. The van der Waals surface area contributed by atoms with Crippen molar-refractivity contribution in [3.63, 3.8) is 0 Å². The van der Waals surface area contributed by atoms with Crippen molar-refractivity contribution < 1.29 is 18.0 Å². The average Bonchev–Trinajstić information content (AvgIpc) is 2.51. The molecule has 0 aliphatic heterocycles. The van der Waals surface area contributed by atoms with Crippen molar-refractivity contribution in [3.05, 3.63) is 72.6 Å². The van der Waals surface area contributed by atoms with E-state index in [0.717, 1.165) is 18.2 Å². The minimum atomic E-state index is -4.57. The molecule has 0 heterocycles. The Balaban J connectivity index is 2.42. The Hall–Kier alpha value is -1.21. The third-order valence-electron chi connectivity index (χ3n) is 3.46. The van der Waals surface area contributed by atoms with Gasteiger partial charge in [0, 0.05) is 4.47 Å². The van der Waals surface area contributed by atoms with Gasteiger partial charge in [-0.3, -0.25) is 4.79 Å². The molecule has 2 aromatic rings. The molecular formula is C17H10BrCl3F3NO. The number of primary amides is 1. The predicted molar refractivity (Wildman–Crippen MR) is 102 cm³/mol. The number of nitrogens with two attached hydrogens (primary N) is 1. The topological polar surface area (TPSA) is 43.1 Å². The van der Waals surface area contributed by atoms with E-state index in [1.165, 1.54) is 24.3 Å². The van der Waals surface area contributed by atoms with Crippen molar-refractivity contribution in [2.24, 2.45) is 5.73 Å². The van der Waals surface area contributed by atoms with Gasteiger partial charge in [0.1, 0.15) is 0 Å². The van der Waals surface area contributed by atoms with Gasteiger partial charge in [-0.25, -0.2) is 0 Å². The molecule has 0 saturated carbocycles. The number of amides is 1. The molecule has 0 aliphatic rings. The van der Waals surface area contributed by atoms with Crippen LogP contribution in [0.5, 0.6) is 0 Å². The van der Waals surface area contributed by atoms with Crippen LogP contribution in [0.1, 0.15) is 27.4 Å². The van der Waals surface area contributed by atoms with Crippen molar-refractivity contribution >= 4 is 62.7 Å². The first-order chi connectivity index (χ1) is 12.0. The van der Waals surface area contributed by atoms with Gasteiger partial charge < -0.3 is 5.73 Å². The summed E-state index contributed by atoms with van der Waals surface area (Å²) in [5.74, 6) is -2.59. The molecule has 2 aromatic carbocycles. The van der Waals surface area contributed by atoms with E-state index in [2.05, 4.69) is 15.9 Å². The average molecular weight is 488 g/mol. The van der Waals surface area contributed by atoms with Crippen molar-refractivity contribution in [1.29, 1.82) is 0 Å². The molecular weight excluding hydrogens is 477 g/mol. The third-order valence-corrected chi connectivity index (χ3v) is 5.31. The van der Waals surface area contributed by atoms with Gasteiger partial charge >= 0.3 is 6.18 Å². The van der Waals surface area contributed by atoms with Crippen LogP contribution in [0.3, 0.4) is 0 Å². The number of benzene rings is 2. The van der Waals surface area contributed by atoms with E-state index >= 15 is 0 Å². The van der Waals surface area contributed by atoms with Gasteiger partial charge in [0.15, 0.2) is 0 Å². The van der Waals surface area contributed by atoms with Crippen LogP contribution in [0.4, 0.5) is 13.2 Å². The minimum Gasteiger partial charge on any atom is -0.366 e. The fourth-order valence-corrected chi connectivity index (χ4v) is 3.41. The zero-order valence-electron chi connectivity index (χ0n) is 12.8. The summed E-state index contributed by atoms with van der Waals surface area (Å²) in [7, 11) is 0. The standard InChI is InChI=1S/C17H10BrCl3F3NO/c18-12-5-8(1-3-10(12)16(25)26)2-4-11(17(22,23)24)9-6-13(19)15(21)14(20)7-9/h1-7,11H,(H2,25,26)/b4-2+. The molecule has 2 rings (SSSR count). The number of hydrogen-bond donors (Lipinski definition) is 1. The summed E-state index contributed by atoms with van der Waals surface area (Å²) in [5, 5.41) is -0.135. The van der Waals surface area contributed by atoms with Crippen LogP contribution in [0.25, 0.3) is 6.08 Å². The van der Waals surface area contributed by atoms with Gasteiger partial charge in [0.05, 0.1) is 26.5 Å². The Kier molecular flexibility index (Phi) is 6.66. The summed E-state index contributed by atoms with van der Waals surface area (Å²) in [4.78, 5) is 11.2. The molecule has 138 valence electrons. The van der Waals surface area contributed by atoms with Crippen LogP contribution in [0.2, 0.25) is 15.1 Å². The van der Waals surface area contributed by atoms with Crippen molar-refractivity contribution in [3.8, 4) is 0 Å². The molecule has 9 heteroatoms. The number of alkyl halides is 3. The van der Waals surface area contributed by atoms with Crippen LogP contribution in [-0.2, 0) is 0 Å². The lowest BCUT2D eigenvalue weighted by Gasteiger charge is -2.18. The summed E-state index contributed by atoms with van der Waals surface area (Å²) in [6.07, 6.45) is -2.31. The normalized spacial score (nSPS) is 13.2. The lowest BCUT2D eigenvalue weighted by Crippen LogP contribution is -2.19. The molecule has 2 nitrogen and oxygen atoms in total. The van der Waals surface area contributed by atoms with E-state index in [-0.39, 0.29) is 26.2 Å². The second-order valence-corrected chi connectivity index (χ2v) is 7.33. The van der Waals surface area contributed by atoms with Gasteiger partial charge in [0.25, 0.3) is 0 Å². The molecule has 0 fully saturated rings. The van der Waals surface area contributed by atoms with Gasteiger partial charge in [-0.15, -0.1) is 0 Å². The predicted octanol–water partition coefficient (Wildman–Crippen LogP) is 6.87. The molecule has 0 saturated heterocycles. The molecule has 0 spiro atoms. The molecule has 1 atom stereocenters. The number of rotatable bonds is 4. The number of allylic oxidation sites excluding steroid dienone is 1. The smallest absolute Gasteiger partial charge is 0.366 e. The van der Waals surface area contributed by atoms with Crippen molar-refractivity contribution in [2.45, 2.75) is 12.1 Å². The van der Waals surface area contributed by atoms with Gasteiger partial charge in [-0.05, 0) is 51.3 Å². The van der Waals surface area contributed by atoms with E-state index in [0.29, 0.717) is 10.0 Å². The SMILES string of the molecule is NC(=O)c1ccc(/C=C/C(c2cc(Cl)c(Cl)c(Cl)c2)C(F)(F)F)cc1Br. The molecule has 26 heavy (non-hydrogen) atoms. The highest BCUT2D eigenvalue weighted by Gasteiger charge is 2.39. The first-order valence-electron chi connectivity index (χ1n) is 6.99. The monoisotopic (exact) mass is 485 g/mol. The number of carbonyl (C=O) groups is 1. The first-order valence-corrected chi connectivity index (χ1v) is 8.92. The van der Waals surface area contributed by atoms with E-state index in [9.17, 15) is 18.0 Å². The Morgan fingerprint density at radius 3 is 2.15 bits per heavy atom. The Labute approximate surface area is 170 Å². The first kappa shape index (κ1) is 21.1. The van der Waals surface area contributed by atoms with Crippen molar-refractivity contribution in [2.75, 3.05) is 0 Å². The van der Waals surface area contributed by atoms with Gasteiger partial charge in [0.2, 0.25) is 5.91 Å². The fraction of sp³-hybridized carbons (Fsp3) is 0.118. The Morgan fingerprint density at radius 2 is 1.69 bits per heavy atom. The number of carbonyl (C=O) groups excluding carboxylic acids is 1. The van der Waals surface area contributed by atoms with Crippen molar-refractivity contribution in [1.82, 2.24) is 0 Å². The molecule has 1 unspecified atom stereocenters. The summed E-state index contributed by atoms with van der Waals surface area (Å²) in [6.45, 7) is 0. The van der Waals surface area contributed by atoms with Gasteiger partial charge in [-0.2, -0.15) is 13.2 Å². The maximum atomic E-state index is 13.5. The Bertz CT molecular complexity index is 861. The van der Waals surface area contributed by atoms with E-state index < -0.39 is 18.0 Å². The molecule has 2 N–H and O–H groups in total. The largest absolute Gasteiger partial charge is 0.399 e. The summed E-state index contributed by atoms with van der Waals surface area (Å²) in [6, 6.07) is 6.65. The second kappa shape index (κ2) is 8.21. The lowest BCUT2D eigenvalue weighted by molar-refractivity contribution is -0.139.